The quantitative estimate of drug-likeness (QED) is 0.698. The molecule has 3 unspecified atom stereocenters. The molecule has 4 nitrogen and oxygen atoms in total. The minimum Gasteiger partial charge on any atom is -0.468 e. The molecule has 1 fully saturated rings. The van der Waals surface area contributed by atoms with Crippen molar-refractivity contribution in [1.82, 2.24) is 5.32 Å². The summed E-state index contributed by atoms with van der Waals surface area (Å²) in [6.45, 7) is 5.72. The lowest BCUT2D eigenvalue weighted by Crippen LogP contribution is -2.45. The van der Waals surface area contributed by atoms with Crippen LogP contribution in [0.1, 0.15) is 33.1 Å². The van der Waals surface area contributed by atoms with Crippen LogP contribution in [0, 0.1) is 5.92 Å². The molecule has 0 radical (unpaired) electrons. The normalized spacial score (nSPS) is 24.1. The predicted octanol–water partition coefficient (Wildman–Crippen LogP) is 1.34. The SMILES string of the molecule is CCC(C)C(NCC1CCCO1)C(=O)OC. The summed E-state index contributed by atoms with van der Waals surface area (Å²) in [6, 6.07) is -0.209. The highest BCUT2D eigenvalue weighted by Crippen LogP contribution is 2.13. The zero-order valence-corrected chi connectivity index (χ0v) is 10.5. The highest BCUT2D eigenvalue weighted by molar-refractivity contribution is 5.75. The van der Waals surface area contributed by atoms with Crippen molar-refractivity contribution in [3.8, 4) is 0 Å². The van der Waals surface area contributed by atoms with E-state index in [0.29, 0.717) is 0 Å². The first kappa shape index (κ1) is 13.5. The van der Waals surface area contributed by atoms with Gasteiger partial charge in [-0.1, -0.05) is 20.3 Å². The Labute approximate surface area is 97.7 Å². The van der Waals surface area contributed by atoms with Gasteiger partial charge < -0.3 is 14.8 Å². The zero-order chi connectivity index (χ0) is 12.0. The molecule has 4 heteroatoms. The van der Waals surface area contributed by atoms with Crippen LogP contribution in [0.2, 0.25) is 0 Å². The van der Waals surface area contributed by atoms with Gasteiger partial charge >= 0.3 is 5.97 Å². The molecule has 1 aliphatic rings. The number of carbonyl (C=O) groups excluding carboxylic acids is 1. The minimum absolute atomic E-state index is 0.174. The van der Waals surface area contributed by atoms with Gasteiger partial charge in [-0.05, 0) is 18.8 Å². The number of methoxy groups -OCH3 is 1. The first-order valence-corrected chi connectivity index (χ1v) is 6.11. The molecule has 1 aliphatic heterocycles. The van der Waals surface area contributed by atoms with Crippen LogP contribution >= 0.6 is 0 Å². The van der Waals surface area contributed by atoms with Crippen LogP contribution in [0.15, 0.2) is 0 Å². The van der Waals surface area contributed by atoms with Crippen LogP contribution in [0.4, 0.5) is 0 Å². The van der Waals surface area contributed by atoms with E-state index in [9.17, 15) is 4.79 Å². The molecule has 16 heavy (non-hydrogen) atoms. The van der Waals surface area contributed by atoms with Crippen molar-refractivity contribution < 1.29 is 14.3 Å². The van der Waals surface area contributed by atoms with E-state index in [4.69, 9.17) is 9.47 Å². The molecule has 1 saturated heterocycles. The van der Waals surface area contributed by atoms with Crippen LogP contribution < -0.4 is 5.32 Å². The lowest BCUT2D eigenvalue weighted by Gasteiger charge is -2.23. The van der Waals surface area contributed by atoms with Crippen molar-refractivity contribution in [2.75, 3.05) is 20.3 Å². The molecule has 0 aromatic rings. The van der Waals surface area contributed by atoms with Gasteiger partial charge in [-0.15, -0.1) is 0 Å². The zero-order valence-electron chi connectivity index (χ0n) is 10.5. The summed E-state index contributed by atoms with van der Waals surface area (Å²) in [5, 5.41) is 3.26. The molecule has 0 spiro atoms. The number of nitrogens with one attached hydrogen (secondary N) is 1. The number of ether oxygens (including phenoxy) is 2. The van der Waals surface area contributed by atoms with Crippen LogP contribution in [0.3, 0.4) is 0 Å². The number of hydrogen-bond acceptors (Lipinski definition) is 4. The largest absolute Gasteiger partial charge is 0.468 e. The second-order valence-corrected chi connectivity index (χ2v) is 4.43. The maximum atomic E-state index is 11.6. The maximum Gasteiger partial charge on any atom is 0.323 e. The number of rotatable bonds is 6. The summed E-state index contributed by atoms with van der Waals surface area (Å²) in [5.74, 6) is 0.112. The average Bonchev–Trinajstić information content (AvgIpc) is 2.81. The van der Waals surface area contributed by atoms with Crippen LogP contribution in [0.25, 0.3) is 0 Å². The molecule has 0 aromatic carbocycles. The Morgan fingerprint density at radius 3 is 2.88 bits per heavy atom. The fourth-order valence-electron chi connectivity index (χ4n) is 1.94. The Morgan fingerprint density at radius 2 is 2.38 bits per heavy atom. The van der Waals surface area contributed by atoms with E-state index in [1.165, 1.54) is 7.11 Å². The van der Waals surface area contributed by atoms with E-state index >= 15 is 0 Å². The van der Waals surface area contributed by atoms with Crippen molar-refractivity contribution >= 4 is 5.97 Å². The van der Waals surface area contributed by atoms with Gasteiger partial charge in [0.05, 0.1) is 13.2 Å². The van der Waals surface area contributed by atoms with Crippen molar-refractivity contribution in [2.24, 2.45) is 5.92 Å². The summed E-state index contributed by atoms with van der Waals surface area (Å²) >= 11 is 0. The summed E-state index contributed by atoms with van der Waals surface area (Å²) in [6.07, 6.45) is 3.43. The van der Waals surface area contributed by atoms with E-state index in [-0.39, 0.29) is 24.0 Å². The maximum absolute atomic E-state index is 11.6. The predicted molar refractivity (Wildman–Crippen MR) is 62.2 cm³/mol. The van der Waals surface area contributed by atoms with Gasteiger partial charge in [-0.3, -0.25) is 4.79 Å². The smallest absolute Gasteiger partial charge is 0.323 e. The van der Waals surface area contributed by atoms with Crippen LogP contribution in [-0.4, -0.2) is 38.4 Å². The van der Waals surface area contributed by atoms with E-state index in [1.54, 1.807) is 0 Å². The summed E-state index contributed by atoms with van der Waals surface area (Å²) in [7, 11) is 1.44. The molecule has 0 saturated carbocycles. The third-order valence-corrected chi connectivity index (χ3v) is 3.26. The average molecular weight is 229 g/mol. The topological polar surface area (TPSA) is 47.6 Å². The fraction of sp³-hybridized carbons (Fsp3) is 0.917. The monoisotopic (exact) mass is 229 g/mol. The standard InChI is InChI=1S/C12H23NO3/c1-4-9(2)11(12(14)15-3)13-8-10-6-5-7-16-10/h9-11,13H,4-8H2,1-3H3. The second kappa shape index (κ2) is 6.86. The lowest BCUT2D eigenvalue weighted by atomic mass is 9.99. The fourth-order valence-corrected chi connectivity index (χ4v) is 1.94. The first-order chi connectivity index (χ1) is 7.69. The molecule has 0 aliphatic carbocycles. The molecule has 0 amide bonds. The molecule has 1 heterocycles. The van der Waals surface area contributed by atoms with Crippen LogP contribution in [-0.2, 0) is 14.3 Å². The summed E-state index contributed by atoms with van der Waals surface area (Å²) in [4.78, 5) is 11.6. The van der Waals surface area contributed by atoms with Crippen LogP contribution in [0.5, 0.6) is 0 Å². The van der Waals surface area contributed by atoms with Crippen molar-refractivity contribution in [1.29, 1.82) is 0 Å². The van der Waals surface area contributed by atoms with Crippen molar-refractivity contribution in [3.05, 3.63) is 0 Å². The Hall–Kier alpha value is -0.610. The Morgan fingerprint density at radius 1 is 1.62 bits per heavy atom. The molecule has 94 valence electrons. The molecule has 0 aromatic heterocycles. The number of carbonyl (C=O) groups is 1. The molecule has 1 N–H and O–H groups in total. The van der Waals surface area contributed by atoms with Gasteiger partial charge in [-0.2, -0.15) is 0 Å². The minimum atomic E-state index is -0.209. The van der Waals surface area contributed by atoms with Crippen molar-refractivity contribution in [3.63, 3.8) is 0 Å². The van der Waals surface area contributed by atoms with E-state index in [2.05, 4.69) is 19.2 Å². The highest BCUT2D eigenvalue weighted by atomic mass is 16.5. The third-order valence-electron chi connectivity index (χ3n) is 3.26. The number of hydrogen-bond donors (Lipinski definition) is 1. The Bertz CT molecular complexity index is 214. The first-order valence-electron chi connectivity index (χ1n) is 6.11. The van der Waals surface area contributed by atoms with Gasteiger partial charge in [0.2, 0.25) is 0 Å². The molecule has 0 bridgehead atoms. The van der Waals surface area contributed by atoms with E-state index in [0.717, 1.165) is 32.4 Å². The molecule has 3 atom stereocenters. The Balaban J connectivity index is 2.39. The molecular weight excluding hydrogens is 206 g/mol. The van der Waals surface area contributed by atoms with Gasteiger partial charge in [-0.25, -0.2) is 0 Å². The lowest BCUT2D eigenvalue weighted by molar-refractivity contribution is -0.144. The molecule has 1 rings (SSSR count). The molecular formula is C12H23NO3. The highest BCUT2D eigenvalue weighted by Gasteiger charge is 2.26. The van der Waals surface area contributed by atoms with Gasteiger partial charge in [0, 0.05) is 13.2 Å². The van der Waals surface area contributed by atoms with E-state index < -0.39 is 0 Å². The summed E-state index contributed by atoms with van der Waals surface area (Å²) < 4.78 is 10.3. The van der Waals surface area contributed by atoms with Gasteiger partial charge in [0.25, 0.3) is 0 Å². The van der Waals surface area contributed by atoms with Gasteiger partial charge in [0.15, 0.2) is 0 Å². The third kappa shape index (κ3) is 3.76. The van der Waals surface area contributed by atoms with Gasteiger partial charge in [0.1, 0.15) is 6.04 Å². The van der Waals surface area contributed by atoms with Crippen molar-refractivity contribution in [2.45, 2.75) is 45.3 Å². The van der Waals surface area contributed by atoms with E-state index in [1.807, 2.05) is 0 Å². The second-order valence-electron chi connectivity index (χ2n) is 4.43. The Kier molecular flexibility index (Phi) is 5.77. The summed E-state index contributed by atoms with van der Waals surface area (Å²) in [5.41, 5.74) is 0. The number of esters is 1.